The van der Waals surface area contributed by atoms with Crippen molar-refractivity contribution < 1.29 is 42.5 Å². The van der Waals surface area contributed by atoms with Gasteiger partial charge < -0.3 is 9.45 Å². The zero-order valence-electron chi connectivity index (χ0n) is 10.5. The van der Waals surface area contributed by atoms with E-state index < -0.39 is 10.1 Å². The van der Waals surface area contributed by atoms with Gasteiger partial charge in [0, 0.05) is 30.6 Å². The summed E-state index contributed by atoms with van der Waals surface area (Å²) in [7, 11) is -0.704. The van der Waals surface area contributed by atoms with Crippen molar-refractivity contribution in [3.05, 3.63) is 36.4 Å². The molecule has 90 valence electrons. The SMILES string of the molecule is CN(C)c1ccc(S(=O)(=O)[O-])c2ccccc12.[Na+]. The average Bonchev–Trinajstić information content (AvgIpc) is 2.26. The Balaban J connectivity index is 0.00000162. The smallest absolute Gasteiger partial charge is 0.744 e. The summed E-state index contributed by atoms with van der Waals surface area (Å²) in [6.07, 6.45) is 0. The van der Waals surface area contributed by atoms with Crippen LogP contribution in [0.25, 0.3) is 10.8 Å². The molecule has 0 aliphatic carbocycles. The number of hydrogen-bond donors (Lipinski definition) is 0. The van der Waals surface area contributed by atoms with Crippen LogP contribution in [0, 0.1) is 0 Å². The molecule has 0 radical (unpaired) electrons. The van der Waals surface area contributed by atoms with Gasteiger partial charge in [-0.1, -0.05) is 24.3 Å². The van der Waals surface area contributed by atoms with Crippen molar-refractivity contribution in [3.8, 4) is 0 Å². The molecular weight excluding hydrogens is 261 g/mol. The summed E-state index contributed by atoms with van der Waals surface area (Å²) in [4.78, 5) is 1.71. The molecule has 0 saturated carbocycles. The fraction of sp³-hybridized carbons (Fsp3) is 0.167. The minimum atomic E-state index is -4.44. The minimum absolute atomic E-state index is 0. The van der Waals surface area contributed by atoms with Crippen LogP contribution in [0.4, 0.5) is 5.69 Å². The van der Waals surface area contributed by atoms with Crippen molar-refractivity contribution in [1.82, 2.24) is 0 Å². The van der Waals surface area contributed by atoms with E-state index in [0.29, 0.717) is 5.39 Å². The van der Waals surface area contributed by atoms with E-state index in [2.05, 4.69) is 0 Å². The van der Waals surface area contributed by atoms with Gasteiger partial charge in [-0.05, 0) is 12.1 Å². The minimum Gasteiger partial charge on any atom is -0.744 e. The van der Waals surface area contributed by atoms with Gasteiger partial charge in [0.25, 0.3) is 0 Å². The Morgan fingerprint density at radius 2 is 1.56 bits per heavy atom. The second-order valence-electron chi connectivity index (χ2n) is 3.98. The van der Waals surface area contributed by atoms with E-state index >= 15 is 0 Å². The molecule has 0 aliphatic heterocycles. The van der Waals surface area contributed by atoms with Gasteiger partial charge >= 0.3 is 29.6 Å². The van der Waals surface area contributed by atoms with Crippen LogP contribution in [0.1, 0.15) is 0 Å². The van der Waals surface area contributed by atoms with Crippen LogP contribution in [0.5, 0.6) is 0 Å². The maximum Gasteiger partial charge on any atom is 1.00 e. The van der Waals surface area contributed by atoms with Gasteiger partial charge in [0.2, 0.25) is 0 Å². The first-order valence-corrected chi connectivity index (χ1v) is 6.47. The van der Waals surface area contributed by atoms with Crippen molar-refractivity contribution in [2.24, 2.45) is 0 Å². The van der Waals surface area contributed by atoms with Crippen molar-refractivity contribution in [1.29, 1.82) is 0 Å². The fourth-order valence-corrected chi connectivity index (χ4v) is 2.55. The van der Waals surface area contributed by atoms with Crippen LogP contribution < -0.4 is 34.5 Å². The summed E-state index contributed by atoms with van der Waals surface area (Å²) >= 11 is 0. The van der Waals surface area contributed by atoms with Crippen LogP contribution in [0.3, 0.4) is 0 Å². The predicted molar refractivity (Wildman–Crippen MR) is 66.2 cm³/mol. The zero-order valence-corrected chi connectivity index (χ0v) is 13.4. The summed E-state index contributed by atoms with van der Waals surface area (Å²) in [5.74, 6) is 0. The molecule has 0 atom stereocenters. The maximum absolute atomic E-state index is 11.2. The Morgan fingerprint density at radius 3 is 2.06 bits per heavy atom. The van der Waals surface area contributed by atoms with Crippen molar-refractivity contribution in [2.45, 2.75) is 4.90 Å². The molecule has 0 fully saturated rings. The van der Waals surface area contributed by atoms with E-state index in [1.165, 1.54) is 6.07 Å². The van der Waals surface area contributed by atoms with Gasteiger partial charge in [0.15, 0.2) is 0 Å². The Labute approximate surface area is 129 Å². The van der Waals surface area contributed by atoms with E-state index in [0.717, 1.165) is 11.1 Å². The first-order valence-electron chi connectivity index (χ1n) is 5.06. The van der Waals surface area contributed by atoms with Gasteiger partial charge in [-0.2, -0.15) is 0 Å². The summed E-state index contributed by atoms with van der Waals surface area (Å²) < 4.78 is 33.5. The van der Waals surface area contributed by atoms with Crippen LogP contribution in [-0.4, -0.2) is 27.1 Å². The normalized spacial score (nSPS) is 11.1. The van der Waals surface area contributed by atoms with Crippen LogP contribution in [-0.2, 0) is 10.1 Å². The number of fused-ring (bicyclic) bond motifs is 1. The van der Waals surface area contributed by atoms with E-state index in [1.54, 1.807) is 24.3 Å². The largest absolute Gasteiger partial charge is 1.00 e. The Kier molecular flexibility index (Phi) is 4.80. The summed E-state index contributed by atoms with van der Waals surface area (Å²) in [6, 6.07) is 9.99. The van der Waals surface area contributed by atoms with Gasteiger partial charge in [-0.3, -0.25) is 0 Å². The Morgan fingerprint density at radius 1 is 1.00 bits per heavy atom. The molecule has 0 bridgehead atoms. The zero-order chi connectivity index (χ0) is 12.6. The molecule has 2 aromatic rings. The first-order chi connectivity index (χ1) is 7.91. The standard InChI is InChI=1S/C12H13NO3S.Na/c1-13(2)11-7-8-12(17(14,15)16)10-6-4-3-5-9(10)11;/h3-8H,1-2H3,(H,14,15,16);/q;+1/p-1. The van der Waals surface area contributed by atoms with Crippen LogP contribution in [0.15, 0.2) is 41.3 Å². The van der Waals surface area contributed by atoms with Crippen LogP contribution >= 0.6 is 0 Å². The van der Waals surface area contributed by atoms with Gasteiger partial charge in [0.05, 0.1) is 4.90 Å². The summed E-state index contributed by atoms with van der Waals surface area (Å²) in [5, 5.41) is 1.23. The number of nitrogens with zero attached hydrogens (tertiary/aromatic N) is 1. The molecule has 0 N–H and O–H groups in total. The third kappa shape index (κ3) is 2.87. The van der Waals surface area contributed by atoms with Gasteiger partial charge in [0.1, 0.15) is 10.1 Å². The fourth-order valence-electron chi connectivity index (χ4n) is 1.86. The van der Waals surface area contributed by atoms with Crippen molar-refractivity contribution in [2.75, 3.05) is 19.0 Å². The van der Waals surface area contributed by atoms with E-state index in [9.17, 15) is 13.0 Å². The second-order valence-corrected chi connectivity index (χ2v) is 5.33. The summed E-state index contributed by atoms with van der Waals surface area (Å²) in [6.45, 7) is 0. The number of hydrogen-bond acceptors (Lipinski definition) is 4. The third-order valence-corrected chi connectivity index (χ3v) is 3.51. The molecule has 0 amide bonds. The molecule has 4 nitrogen and oxygen atoms in total. The topological polar surface area (TPSA) is 60.4 Å². The number of benzene rings is 2. The Hall–Kier alpha value is -0.590. The van der Waals surface area contributed by atoms with Crippen molar-refractivity contribution >= 4 is 26.6 Å². The molecular formula is C12H12NNaO3S. The van der Waals surface area contributed by atoms with Crippen LogP contribution in [0.2, 0.25) is 0 Å². The monoisotopic (exact) mass is 273 g/mol. The summed E-state index contributed by atoms with van der Waals surface area (Å²) in [5.41, 5.74) is 0.882. The van der Waals surface area contributed by atoms with E-state index in [-0.39, 0.29) is 34.5 Å². The third-order valence-electron chi connectivity index (χ3n) is 2.61. The average molecular weight is 273 g/mol. The molecule has 0 aromatic heterocycles. The molecule has 0 aliphatic rings. The molecule has 18 heavy (non-hydrogen) atoms. The van der Waals surface area contributed by atoms with Crippen molar-refractivity contribution in [3.63, 3.8) is 0 Å². The Bertz CT molecular complexity index is 668. The molecule has 0 heterocycles. The second kappa shape index (κ2) is 5.59. The predicted octanol–water partition coefficient (Wildman–Crippen LogP) is -1.19. The van der Waals surface area contributed by atoms with Gasteiger partial charge in [-0.25, -0.2) is 8.42 Å². The van der Waals surface area contributed by atoms with Gasteiger partial charge in [-0.15, -0.1) is 0 Å². The molecule has 2 rings (SSSR count). The molecule has 0 spiro atoms. The molecule has 0 saturated heterocycles. The maximum atomic E-state index is 11.2. The van der Waals surface area contributed by atoms with E-state index in [4.69, 9.17) is 0 Å². The molecule has 2 aromatic carbocycles. The molecule has 6 heteroatoms. The number of anilines is 1. The van der Waals surface area contributed by atoms with E-state index in [1.807, 2.05) is 25.1 Å². The quantitative estimate of drug-likeness (QED) is 0.510. The number of rotatable bonds is 2. The first kappa shape index (κ1) is 15.5. The molecule has 0 unspecified atom stereocenters.